The van der Waals surface area contributed by atoms with Crippen LogP contribution in [0.2, 0.25) is 0 Å². The first kappa shape index (κ1) is 10.2. The molecule has 3 rings (SSSR count). The van der Waals surface area contributed by atoms with Gasteiger partial charge >= 0.3 is 0 Å². The summed E-state index contributed by atoms with van der Waals surface area (Å²) in [6.07, 6.45) is 1.02. The Bertz CT molecular complexity index is 547. The van der Waals surface area contributed by atoms with Crippen LogP contribution in [-0.2, 0) is 6.42 Å². The van der Waals surface area contributed by atoms with Gasteiger partial charge in [0.05, 0.1) is 6.61 Å². The monoisotopic (exact) mass is 222 g/mol. The molecular weight excluding hydrogens is 208 g/mol. The predicted octanol–water partition coefficient (Wildman–Crippen LogP) is 3.90. The van der Waals surface area contributed by atoms with E-state index in [-0.39, 0.29) is 0 Å². The van der Waals surface area contributed by atoms with Gasteiger partial charge in [0.2, 0.25) is 0 Å². The van der Waals surface area contributed by atoms with Gasteiger partial charge in [0.1, 0.15) is 5.75 Å². The van der Waals surface area contributed by atoms with E-state index in [1.54, 1.807) is 0 Å². The molecule has 1 heterocycles. The van der Waals surface area contributed by atoms with E-state index in [4.69, 9.17) is 4.74 Å². The summed E-state index contributed by atoms with van der Waals surface area (Å²) in [6, 6.07) is 20.9. The molecule has 84 valence electrons. The Morgan fingerprint density at radius 3 is 2.18 bits per heavy atom. The smallest absolute Gasteiger partial charge is 0.123 e. The molecular formula is C16H14O. The molecule has 2 aromatic carbocycles. The van der Waals surface area contributed by atoms with Crippen LogP contribution in [0.3, 0.4) is 0 Å². The maximum absolute atomic E-state index is 5.60. The van der Waals surface area contributed by atoms with Crippen LogP contribution in [0.1, 0.15) is 5.56 Å². The van der Waals surface area contributed by atoms with Gasteiger partial charge in [-0.2, -0.15) is 0 Å². The molecule has 0 aromatic heterocycles. The molecule has 0 bridgehead atoms. The lowest BCUT2D eigenvalue weighted by Gasteiger charge is -2.00. The summed E-state index contributed by atoms with van der Waals surface area (Å²) in [5.41, 5.74) is 1.32. The topological polar surface area (TPSA) is 9.23 Å². The van der Waals surface area contributed by atoms with Crippen LogP contribution in [0.5, 0.6) is 5.75 Å². The Morgan fingerprint density at radius 1 is 0.765 bits per heavy atom. The van der Waals surface area contributed by atoms with E-state index in [2.05, 4.69) is 36.4 Å². The molecule has 0 N–H and O–H groups in total. The predicted molar refractivity (Wildman–Crippen MR) is 70.8 cm³/mol. The van der Waals surface area contributed by atoms with Gasteiger partial charge < -0.3 is 4.74 Å². The summed E-state index contributed by atoms with van der Waals surface area (Å²) in [4.78, 5) is 0. The maximum atomic E-state index is 5.60. The van der Waals surface area contributed by atoms with Crippen molar-refractivity contribution in [3.05, 3.63) is 66.2 Å². The van der Waals surface area contributed by atoms with E-state index >= 15 is 0 Å². The summed E-state index contributed by atoms with van der Waals surface area (Å²) < 4.78 is 5.60. The second-order valence-corrected chi connectivity index (χ2v) is 4.18. The number of benzene rings is 1. The quantitative estimate of drug-likeness (QED) is 0.657. The molecule has 0 saturated heterocycles. The van der Waals surface area contributed by atoms with Crippen LogP contribution in [0.25, 0.3) is 10.8 Å². The first-order valence-corrected chi connectivity index (χ1v) is 5.91. The summed E-state index contributed by atoms with van der Waals surface area (Å²) in [5.74, 6) is 1.04. The number of fused-ring (bicyclic) bond motifs is 2. The molecule has 1 nitrogen and oxygen atoms in total. The molecule has 2 aromatic rings. The van der Waals surface area contributed by atoms with Crippen LogP contribution < -0.4 is 4.74 Å². The molecule has 1 aliphatic rings. The maximum Gasteiger partial charge on any atom is 0.123 e. The molecule has 0 fully saturated rings. The van der Waals surface area contributed by atoms with Crippen molar-refractivity contribution in [3.8, 4) is 5.75 Å². The fourth-order valence-electron chi connectivity index (χ4n) is 2.12. The van der Waals surface area contributed by atoms with Gasteiger partial charge in [-0.25, -0.2) is 0 Å². The minimum absolute atomic E-state index is 0.811. The molecule has 0 saturated carbocycles. The van der Waals surface area contributed by atoms with Crippen LogP contribution in [0.4, 0.5) is 0 Å². The van der Waals surface area contributed by atoms with Crippen molar-refractivity contribution >= 4 is 10.8 Å². The molecule has 1 heteroatoms. The van der Waals surface area contributed by atoms with E-state index in [1.807, 2.05) is 24.3 Å². The molecule has 17 heavy (non-hydrogen) atoms. The first-order chi connectivity index (χ1) is 8.43. The lowest BCUT2D eigenvalue weighted by molar-refractivity contribution is 0.357. The van der Waals surface area contributed by atoms with Crippen molar-refractivity contribution in [2.24, 2.45) is 0 Å². The average Bonchev–Trinajstić information content (AvgIpc) is 2.80. The Kier molecular flexibility index (Phi) is 2.66. The van der Waals surface area contributed by atoms with Gasteiger partial charge in [0, 0.05) is 6.42 Å². The minimum atomic E-state index is 0.811. The fourth-order valence-corrected chi connectivity index (χ4v) is 2.12. The zero-order chi connectivity index (χ0) is 11.5. The molecule has 0 atom stereocenters. The Hall–Kier alpha value is -2.02. The van der Waals surface area contributed by atoms with E-state index in [0.29, 0.717) is 0 Å². The lowest BCUT2D eigenvalue weighted by atomic mass is 10.1. The molecule has 0 spiro atoms. The van der Waals surface area contributed by atoms with E-state index in [0.717, 1.165) is 18.8 Å². The van der Waals surface area contributed by atoms with Crippen LogP contribution >= 0.6 is 0 Å². The standard InChI is InChI=1S/C16H14O/c1-2-4-6-8-14-12-16-15(9-10-17-16)11-13(14)7-5-3-1/h1-8,11-12H,9-10H2. The molecule has 1 aliphatic heterocycles. The number of ether oxygens (including phenoxy) is 1. The largest absolute Gasteiger partial charge is 0.493 e. The second kappa shape index (κ2) is 4.46. The second-order valence-electron chi connectivity index (χ2n) is 4.18. The summed E-state index contributed by atoms with van der Waals surface area (Å²) in [5, 5.41) is 2.47. The zero-order valence-electron chi connectivity index (χ0n) is 9.60. The van der Waals surface area contributed by atoms with Crippen LogP contribution in [0, 0.1) is 0 Å². The van der Waals surface area contributed by atoms with Gasteiger partial charge in [0.25, 0.3) is 0 Å². The summed E-state index contributed by atoms with van der Waals surface area (Å²) in [7, 11) is 0. The molecule has 0 amide bonds. The van der Waals surface area contributed by atoms with Gasteiger partial charge in [-0.15, -0.1) is 0 Å². The van der Waals surface area contributed by atoms with Gasteiger partial charge in [-0.05, 0) is 28.5 Å². The number of hydrogen-bond acceptors (Lipinski definition) is 1. The number of rotatable bonds is 0. The highest BCUT2D eigenvalue weighted by atomic mass is 16.5. The van der Waals surface area contributed by atoms with Gasteiger partial charge in [0.15, 0.2) is 0 Å². The first-order valence-electron chi connectivity index (χ1n) is 5.91. The third-order valence-electron chi connectivity index (χ3n) is 3.00. The van der Waals surface area contributed by atoms with Crippen LogP contribution in [-0.4, -0.2) is 6.61 Å². The highest BCUT2D eigenvalue weighted by Crippen LogP contribution is 2.29. The van der Waals surface area contributed by atoms with Crippen molar-refractivity contribution in [2.45, 2.75) is 6.42 Å². The van der Waals surface area contributed by atoms with Crippen molar-refractivity contribution in [1.82, 2.24) is 0 Å². The normalized spacial score (nSPS) is 12.7. The Balaban J connectivity index is 2.31. The fraction of sp³-hybridized carbons (Fsp3) is 0.125. The van der Waals surface area contributed by atoms with Crippen LogP contribution in [0.15, 0.2) is 60.7 Å². The SMILES string of the molecule is c1ccccc2cc3c(cc2ccc1)CCO3. The Morgan fingerprint density at radius 2 is 1.41 bits per heavy atom. The third kappa shape index (κ3) is 2.09. The minimum Gasteiger partial charge on any atom is -0.493 e. The van der Waals surface area contributed by atoms with Crippen molar-refractivity contribution in [3.63, 3.8) is 0 Å². The van der Waals surface area contributed by atoms with Gasteiger partial charge in [-0.1, -0.05) is 48.5 Å². The van der Waals surface area contributed by atoms with E-state index in [1.165, 1.54) is 16.3 Å². The zero-order valence-corrected chi connectivity index (χ0v) is 9.60. The summed E-state index contributed by atoms with van der Waals surface area (Å²) >= 11 is 0. The third-order valence-corrected chi connectivity index (χ3v) is 3.00. The molecule has 0 radical (unpaired) electrons. The highest BCUT2D eigenvalue weighted by Gasteiger charge is 2.11. The van der Waals surface area contributed by atoms with Crippen molar-refractivity contribution in [1.29, 1.82) is 0 Å². The van der Waals surface area contributed by atoms with Crippen molar-refractivity contribution < 1.29 is 4.74 Å². The lowest BCUT2D eigenvalue weighted by Crippen LogP contribution is -1.85. The molecule has 0 unspecified atom stereocenters. The molecule has 0 aliphatic carbocycles. The van der Waals surface area contributed by atoms with E-state index in [9.17, 15) is 0 Å². The van der Waals surface area contributed by atoms with Crippen molar-refractivity contribution in [2.75, 3.05) is 6.61 Å². The van der Waals surface area contributed by atoms with Gasteiger partial charge in [-0.3, -0.25) is 0 Å². The highest BCUT2D eigenvalue weighted by molar-refractivity contribution is 5.84. The average molecular weight is 222 g/mol. The summed E-state index contributed by atoms with van der Waals surface area (Å²) in [6.45, 7) is 0.811. The number of hydrogen-bond donors (Lipinski definition) is 0. The van der Waals surface area contributed by atoms with E-state index < -0.39 is 0 Å². The Labute approximate surface area is 101 Å².